The Bertz CT molecular complexity index is 1670. The molecule has 2 atom stereocenters. The Kier molecular flexibility index (Phi) is 22.5. The Morgan fingerprint density at radius 3 is 1.75 bits per heavy atom. The lowest BCUT2D eigenvalue weighted by Crippen LogP contribution is -2.32. The van der Waals surface area contributed by atoms with E-state index >= 15 is 0 Å². The maximum absolute atomic E-state index is 13.6. The van der Waals surface area contributed by atoms with E-state index in [9.17, 15) is 18.4 Å². The molecule has 6 rings (SSSR count). The topological polar surface area (TPSA) is 136 Å². The van der Waals surface area contributed by atoms with Gasteiger partial charge in [-0.05, 0) is 68.3 Å². The first-order chi connectivity index (χ1) is 25.2. The third kappa shape index (κ3) is 16.7. The quantitative estimate of drug-likeness (QED) is 0.133. The number of hydrogen-bond acceptors (Lipinski definition) is 11. The van der Waals surface area contributed by atoms with E-state index in [4.69, 9.17) is 18.7 Å². The van der Waals surface area contributed by atoms with Crippen molar-refractivity contribution in [1.82, 2.24) is 10.3 Å². The molecule has 0 aliphatic carbocycles. The summed E-state index contributed by atoms with van der Waals surface area (Å²) in [6.45, 7) is 5.77. The Hall–Kier alpha value is -1.97. The van der Waals surface area contributed by atoms with E-state index in [1.165, 1.54) is 48.0 Å². The normalized spacial score (nSPS) is 15.6. The number of likely N-dealkylation sites (N-methyl/N-ethyl adjacent to an activating group) is 1. The lowest BCUT2D eigenvalue weighted by atomic mass is 10.2. The smallest absolute Gasteiger partial charge is 0.414 e. The molecule has 0 bridgehead atoms. The maximum Gasteiger partial charge on any atom is 0.414 e. The van der Waals surface area contributed by atoms with Gasteiger partial charge in [0.2, 0.25) is 0 Å². The Labute approximate surface area is 364 Å². The average molecular weight is 1210 g/mol. The minimum Gasteiger partial charge on any atom is -0.442 e. The van der Waals surface area contributed by atoms with E-state index in [1.807, 2.05) is 11.9 Å². The number of nitrogens with zero attached hydrogens (tertiary/aromatic N) is 5. The molecule has 2 aromatic heterocycles. The Morgan fingerprint density at radius 2 is 1.36 bits per heavy atom. The molecule has 21 heteroatoms. The van der Waals surface area contributed by atoms with Crippen LogP contribution in [0.2, 0.25) is 0 Å². The highest BCUT2D eigenvalue weighted by Crippen LogP contribution is 2.28. The third-order valence-corrected chi connectivity index (χ3v) is 7.80. The van der Waals surface area contributed by atoms with Gasteiger partial charge in [0.1, 0.15) is 36.4 Å². The molecule has 1 N–H and O–H groups in total. The maximum atomic E-state index is 13.6. The molecule has 2 saturated heterocycles. The molecule has 2 fully saturated rings. The molecule has 53 heavy (non-hydrogen) atoms. The monoisotopic (exact) mass is 1210 g/mol. The van der Waals surface area contributed by atoms with Crippen molar-refractivity contribution in [3.8, 4) is 0 Å². The van der Waals surface area contributed by atoms with E-state index in [0.29, 0.717) is 52.4 Å². The molecular weight excluding hydrogens is 1170 g/mol. The van der Waals surface area contributed by atoms with Gasteiger partial charge in [0, 0.05) is 33.3 Å². The molecule has 0 radical (unpaired) electrons. The minimum atomic E-state index is -0.486. The van der Waals surface area contributed by atoms with E-state index in [-0.39, 0.29) is 12.2 Å². The molecule has 2 aliphatic rings. The number of anilines is 4. The fourth-order valence-corrected chi connectivity index (χ4v) is 4.78. The van der Waals surface area contributed by atoms with Crippen LogP contribution in [-0.4, -0.2) is 82.4 Å². The van der Waals surface area contributed by atoms with Gasteiger partial charge in [-0.1, -0.05) is 30.6 Å². The zero-order chi connectivity index (χ0) is 39.5. The van der Waals surface area contributed by atoms with Crippen LogP contribution in [0.15, 0.2) is 79.0 Å². The van der Waals surface area contributed by atoms with Crippen molar-refractivity contribution in [2.24, 2.45) is 0 Å². The zero-order valence-electron chi connectivity index (χ0n) is 29.3. The second-order valence-corrected chi connectivity index (χ2v) is 23.3. The predicted molar refractivity (Wildman–Crippen MR) is 235 cm³/mol. The SMILES string of the molecule is CCC.CN(C[C@H]1CN(c2ccc(Br)c(F)c2)C(=O)O1)c1ccon1.CNc1ccon1.COC[C@H]1CN(c2ccc(Br)c(F)c2)C(=O)O1.IB(I)I. The molecule has 2 amide bonds. The van der Waals surface area contributed by atoms with Gasteiger partial charge < -0.3 is 33.5 Å². The van der Waals surface area contributed by atoms with Gasteiger partial charge >= 0.3 is 12.5 Å². The number of hydrogen-bond donors (Lipinski definition) is 1. The number of rotatable bonds is 8. The van der Waals surface area contributed by atoms with Crippen LogP contribution in [0, 0.1) is 11.6 Å². The van der Waals surface area contributed by atoms with Crippen molar-refractivity contribution in [2.75, 3.05) is 67.5 Å². The van der Waals surface area contributed by atoms with E-state index < -0.39 is 23.8 Å². The standard InChI is InChI=1S/C14H13BrFN3O3.C11H11BrFNO3.C4H6N2O.C3H8.BI3/c1-18(13-4-5-21-17-13)7-10-8-19(14(20)22-10)9-2-3-11(15)12(16)6-9;1-16-6-8-5-14(11(15)17-8)7-2-3-9(12)10(13)4-7;1-5-4-2-3-7-6-4;1-3-2;2-1(3)4/h2-6,10H,7-8H2,1H3;2-4,8H,5-6H2,1H3;2-3H,1H3,(H,5,6);3H2,1-2H3;/t10-;8-;;;/m01.../s1. The molecule has 2 aliphatic heterocycles. The first-order valence-electron chi connectivity index (χ1n) is 15.7. The second-order valence-electron chi connectivity index (χ2n) is 10.7. The summed E-state index contributed by atoms with van der Waals surface area (Å²) in [6, 6.07) is 12.5. The van der Waals surface area contributed by atoms with Gasteiger partial charge in [-0.15, -0.1) is 67.1 Å². The van der Waals surface area contributed by atoms with Crippen molar-refractivity contribution < 1.29 is 41.6 Å². The fraction of sp³-hybridized carbons (Fsp3) is 0.375. The van der Waals surface area contributed by atoms with Crippen LogP contribution in [0.1, 0.15) is 20.3 Å². The molecular formula is C32H38BBr2F2I3N6O7. The number of amides is 2. The molecule has 0 saturated carbocycles. The third-order valence-electron chi connectivity index (χ3n) is 6.52. The Morgan fingerprint density at radius 1 is 0.887 bits per heavy atom. The van der Waals surface area contributed by atoms with Gasteiger partial charge in [0.15, 0.2) is 11.6 Å². The highest BCUT2D eigenvalue weighted by atomic mass is 127. The number of carbonyl (C=O) groups is 2. The van der Waals surface area contributed by atoms with Crippen LogP contribution >= 0.6 is 99.0 Å². The summed E-state index contributed by atoms with van der Waals surface area (Å²) in [5, 5.41) is 10.2. The van der Waals surface area contributed by atoms with E-state index in [1.54, 1.807) is 43.4 Å². The highest BCUT2D eigenvalue weighted by molar-refractivity contribution is 14.4. The zero-order valence-corrected chi connectivity index (χ0v) is 38.9. The van der Waals surface area contributed by atoms with Gasteiger partial charge in [0.05, 0.1) is 46.6 Å². The number of carbonyl (C=O) groups excluding carboxylic acids is 2. The second kappa shape index (κ2) is 25.2. The summed E-state index contributed by atoms with van der Waals surface area (Å²) >= 11 is 13.1. The molecule has 4 heterocycles. The number of methoxy groups -OCH3 is 1. The molecule has 290 valence electrons. The number of nitrogens with one attached hydrogen (secondary N) is 1. The van der Waals surface area contributed by atoms with Crippen LogP contribution in [0.3, 0.4) is 0 Å². The number of aromatic nitrogens is 2. The van der Waals surface area contributed by atoms with Crippen LogP contribution in [0.5, 0.6) is 0 Å². The van der Waals surface area contributed by atoms with Crippen LogP contribution in [-0.2, 0) is 14.2 Å². The van der Waals surface area contributed by atoms with Gasteiger partial charge in [-0.2, -0.15) is 0 Å². The van der Waals surface area contributed by atoms with E-state index in [2.05, 4.69) is 133 Å². The molecule has 2 aromatic carbocycles. The molecule has 0 spiro atoms. The summed E-state index contributed by atoms with van der Waals surface area (Å²) in [4.78, 5) is 28.2. The average Bonchev–Trinajstić information content (AvgIpc) is 3.94. The number of halogens is 7. The van der Waals surface area contributed by atoms with Crippen molar-refractivity contribution in [3.63, 3.8) is 0 Å². The molecule has 13 nitrogen and oxygen atoms in total. The summed E-state index contributed by atoms with van der Waals surface area (Å²) < 4.78 is 53.0. The van der Waals surface area contributed by atoms with Crippen molar-refractivity contribution in [1.29, 1.82) is 0 Å². The highest BCUT2D eigenvalue weighted by Gasteiger charge is 2.34. The van der Waals surface area contributed by atoms with Crippen molar-refractivity contribution >= 4 is 134 Å². The van der Waals surface area contributed by atoms with Crippen LogP contribution < -0.4 is 20.0 Å². The largest absolute Gasteiger partial charge is 0.442 e. The van der Waals surface area contributed by atoms with Crippen molar-refractivity contribution in [3.05, 3.63) is 81.6 Å². The van der Waals surface area contributed by atoms with Gasteiger partial charge in [-0.25, -0.2) is 18.4 Å². The fourth-order valence-electron chi connectivity index (χ4n) is 4.28. The molecule has 0 unspecified atom stereocenters. The Balaban J connectivity index is 0.000000275. The summed E-state index contributed by atoms with van der Waals surface area (Å²) in [7, 11) is 5.15. The number of benzene rings is 2. The predicted octanol–water partition coefficient (Wildman–Crippen LogP) is 10.0. The first kappa shape index (κ1) is 47.2. The molecule has 4 aromatic rings. The van der Waals surface area contributed by atoms with E-state index in [0.717, 1.165) is 6.10 Å². The number of cyclic esters (lactones) is 2. The van der Waals surface area contributed by atoms with Crippen molar-refractivity contribution in [2.45, 2.75) is 32.5 Å². The minimum absolute atomic E-state index is 0.306. The van der Waals surface area contributed by atoms with Crippen LogP contribution in [0.4, 0.5) is 41.4 Å². The number of ether oxygens (including phenoxy) is 3. The summed E-state index contributed by atoms with van der Waals surface area (Å²) in [5.41, 5.74) is 0.951. The summed E-state index contributed by atoms with van der Waals surface area (Å²) in [5.74, 6) is 0.586. The summed E-state index contributed by atoms with van der Waals surface area (Å²) in [6.07, 6.45) is 2.64. The lowest BCUT2D eigenvalue weighted by molar-refractivity contribution is 0.0718. The lowest BCUT2D eigenvalue weighted by Gasteiger charge is -2.18. The van der Waals surface area contributed by atoms with Gasteiger partial charge in [0.25, 0.3) is 0 Å². The van der Waals surface area contributed by atoms with Gasteiger partial charge in [-0.3, -0.25) is 9.80 Å². The van der Waals surface area contributed by atoms with Crippen LogP contribution in [0.25, 0.3) is 0 Å². The first-order valence-corrected chi connectivity index (χ1v) is 21.0.